The Hall–Kier alpha value is -1.81. The first-order chi connectivity index (χ1) is 8.91. The molecule has 0 aliphatic carbocycles. The molecule has 4 heteroatoms. The van der Waals surface area contributed by atoms with E-state index < -0.39 is 29.1 Å². The summed E-state index contributed by atoms with van der Waals surface area (Å²) in [5.74, 6) is -2.03. The van der Waals surface area contributed by atoms with Gasteiger partial charge in [-0.2, -0.15) is 0 Å². The number of halogens is 3. The smallest absolute Gasteiger partial charge is 0.135 e. The van der Waals surface area contributed by atoms with Gasteiger partial charge in [-0.05, 0) is 42.7 Å². The first-order valence-corrected chi connectivity index (χ1v) is 5.80. The van der Waals surface area contributed by atoms with Crippen LogP contribution in [0.2, 0.25) is 0 Å². The molecular weight excluding hydrogens is 253 g/mol. The number of hydrogen-bond acceptors (Lipinski definition) is 1. The highest BCUT2D eigenvalue weighted by atomic mass is 19.1. The van der Waals surface area contributed by atoms with Crippen LogP contribution in [0.25, 0.3) is 0 Å². The Labute approximate surface area is 109 Å². The van der Waals surface area contributed by atoms with Crippen LogP contribution in [0.15, 0.2) is 30.3 Å². The van der Waals surface area contributed by atoms with Gasteiger partial charge in [0.25, 0.3) is 0 Å². The molecule has 0 amide bonds. The number of benzene rings is 2. The third-order valence-corrected chi connectivity index (χ3v) is 3.09. The van der Waals surface area contributed by atoms with Gasteiger partial charge in [0.05, 0.1) is 5.56 Å². The molecule has 1 atom stereocenters. The maximum Gasteiger partial charge on any atom is 0.135 e. The van der Waals surface area contributed by atoms with E-state index in [9.17, 15) is 18.3 Å². The van der Waals surface area contributed by atoms with Crippen molar-refractivity contribution < 1.29 is 18.3 Å². The van der Waals surface area contributed by atoms with E-state index in [0.717, 1.165) is 6.07 Å². The van der Waals surface area contributed by atoms with E-state index in [1.54, 1.807) is 0 Å². The second-order valence-corrected chi connectivity index (χ2v) is 4.50. The lowest BCUT2D eigenvalue weighted by atomic mass is 9.97. The van der Waals surface area contributed by atoms with Crippen molar-refractivity contribution >= 4 is 0 Å². The molecule has 0 aliphatic heterocycles. The van der Waals surface area contributed by atoms with Crippen molar-refractivity contribution in [2.75, 3.05) is 0 Å². The van der Waals surface area contributed by atoms with E-state index in [1.807, 2.05) is 0 Å². The molecule has 1 unspecified atom stereocenters. The molecule has 0 fully saturated rings. The number of aliphatic hydroxyl groups excluding tert-OH is 1. The van der Waals surface area contributed by atoms with Crippen molar-refractivity contribution in [3.8, 4) is 0 Å². The summed E-state index contributed by atoms with van der Waals surface area (Å²) in [5, 5.41) is 10.1. The zero-order valence-electron chi connectivity index (χ0n) is 10.5. The predicted octanol–water partition coefficient (Wildman–Crippen LogP) is 3.80. The molecule has 0 radical (unpaired) electrons. The Morgan fingerprint density at radius 3 is 2.16 bits per heavy atom. The van der Waals surface area contributed by atoms with E-state index in [0.29, 0.717) is 5.56 Å². The topological polar surface area (TPSA) is 20.2 Å². The van der Waals surface area contributed by atoms with Gasteiger partial charge in [-0.15, -0.1) is 0 Å². The average Bonchev–Trinajstić information content (AvgIpc) is 2.37. The molecule has 0 bridgehead atoms. The minimum Gasteiger partial charge on any atom is -0.383 e. The van der Waals surface area contributed by atoms with Crippen molar-refractivity contribution in [3.63, 3.8) is 0 Å². The molecule has 2 aromatic rings. The van der Waals surface area contributed by atoms with Crippen molar-refractivity contribution in [1.29, 1.82) is 0 Å². The lowest BCUT2D eigenvalue weighted by Gasteiger charge is -2.15. The van der Waals surface area contributed by atoms with Gasteiger partial charge >= 0.3 is 0 Å². The molecule has 2 aromatic carbocycles. The number of aryl methyl sites for hydroxylation is 2. The minimum atomic E-state index is -1.46. The Morgan fingerprint density at radius 2 is 1.53 bits per heavy atom. The second-order valence-electron chi connectivity index (χ2n) is 4.50. The van der Waals surface area contributed by atoms with Gasteiger partial charge in [0, 0.05) is 0 Å². The summed E-state index contributed by atoms with van der Waals surface area (Å²) in [6, 6.07) is 6.26. The van der Waals surface area contributed by atoms with Crippen LogP contribution in [0, 0.1) is 31.3 Å². The van der Waals surface area contributed by atoms with Gasteiger partial charge in [0.1, 0.15) is 23.6 Å². The van der Waals surface area contributed by atoms with Crippen LogP contribution in [0.4, 0.5) is 13.2 Å². The summed E-state index contributed by atoms with van der Waals surface area (Å²) in [6.45, 7) is 3.01. The summed E-state index contributed by atoms with van der Waals surface area (Å²) in [7, 11) is 0. The summed E-state index contributed by atoms with van der Waals surface area (Å²) >= 11 is 0. The molecule has 2 rings (SSSR count). The van der Waals surface area contributed by atoms with Crippen LogP contribution >= 0.6 is 0 Å². The van der Waals surface area contributed by atoms with Gasteiger partial charge in [-0.3, -0.25) is 0 Å². The molecule has 1 N–H and O–H groups in total. The van der Waals surface area contributed by atoms with Gasteiger partial charge in [0.15, 0.2) is 0 Å². The SMILES string of the molecule is Cc1cc(C(O)c2c(F)ccc(C)c2F)ccc1F. The highest BCUT2D eigenvalue weighted by Gasteiger charge is 2.21. The van der Waals surface area contributed by atoms with Crippen LogP contribution in [-0.4, -0.2) is 5.11 Å². The van der Waals surface area contributed by atoms with Crippen LogP contribution in [-0.2, 0) is 0 Å². The van der Waals surface area contributed by atoms with E-state index >= 15 is 0 Å². The molecule has 19 heavy (non-hydrogen) atoms. The zero-order chi connectivity index (χ0) is 14.2. The normalized spacial score (nSPS) is 12.5. The lowest BCUT2D eigenvalue weighted by Crippen LogP contribution is -2.07. The fourth-order valence-electron chi connectivity index (χ4n) is 1.93. The summed E-state index contributed by atoms with van der Waals surface area (Å²) < 4.78 is 40.7. The Balaban J connectivity index is 2.52. The largest absolute Gasteiger partial charge is 0.383 e. The van der Waals surface area contributed by atoms with Crippen molar-refractivity contribution in [2.24, 2.45) is 0 Å². The van der Waals surface area contributed by atoms with Crippen LogP contribution in [0.3, 0.4) is 0 Å². The fourth-order valence-corrected chi connectivity index (χ4v) is 1.93. The first-order valence-electron chi connectivity index (χ1n) is 5.80. The fraction of sp³-hybridized carbons (Fsp3) is 0.200. The van der Waals surface area contributed by atoms with E-state index in [-0.39, 0.29) is 11.1 Å². The average molecular weight is 266 g/mol. The Morgan fingerprint density at radius 1 is 0.895 bits per heavy atom. The molecule has 0 heterocycles. The molecule has 0 aromatic heterocycles. The standard InChI is InChI=1S/C15H13F3O/c1-8-3-5-12(17)13(14(8)18)15(19)10-4-6-11(16)9(2)7-10/h3-7,15,19H,1-2H3. The molecule has 0 aliphatic rings. The Kier molecular flexibility index (Phi) is 3.62. The predicted molar refractivity (Wildman–Crippen MR) is 66.3 cm³/mol. The summed E-state index contributed by atoms with van der Waals surface area (Å²) in [4.78, 5) is 0. The van der Waals surface area contributed by atoms with E-state index in [1.165, 1.54) is 38.1 Å². The lowest BCUT2D eigenvalue weighted by molar-refractivity contribution is 0.208. The third-order valence-electron chi connectivity index (χ3n) is 3.09. The van der Waals surface area contributed by atoms with Gasteiger partial charge in [-0.25, -0.2) is 13.2 Å². The van der Waals surface area contributed by atoms with Crippen LogP contribution in [0.5, 0.6) is 0 Å². The minimum absolute atomic E-state index is 0.245. The molecular formula is C15H13F3O. The number of aliphatic hydroxyl groups is 1. The quantitative estimate of drug-likeness (QED) is 0.876. The Bertz CT molecular complexity index is 623. The molecule has 0 saturated heterocycles. The van der Waals surface area contributed by atoms with E-state index in [4.69, 9.17) is 0 Å². The number of rotatable bonds is 2. The second kappa shape index (κ2) is 5.05. The van der Waals surface area contributed by atoms with Gasteiger partial charge in [-0.1, -0.05) is 18.2 Å². The van der Waals surface area contributed by atoms with Gasteiger partial charge in [0.2, 0.25) is 0 Å². The maximum atomic E-state index is 13.9. The van der Waals surface area contributed by atoms with Crippen molar-refractivity contribution in [3.05, 3.63) is 70.0 Å². The molecule has 1 nitrogen and oxygen atoms in total. The maximum absolute atomic E-state index is 13.9. The van der Waals surface area contributed by atoms with Crippen molar-refractivity contribution in [1.82, 2.24) is 0 Å². The first kappa shape index (κ1) is 13.6. The van der Waals surface area contributed by atoms with Crippen molar-refractivity contribution in [2.45, 2.75) is 20.0 Å². The van der Waals surface area contributed by atoms with Gasteiger partial charge < -0.3 is 5.11 Å². The molecule has 100 valence electrons. The van der Waals surface area contributed by atoms with Crippen LogP contribution in [0.1, 0.15) is 28.4 Å². The van der Waals surface area contributed by atoms with Crippen LogP contribution < -0.4 is 0 Å². The summed E-state index contributed by atoms with van der Waals surface area (Å²) in [5.41, 5.74) is 0.396. The summed E-state index contributed by atoms with van der Waals surface area (Å²) in [6.07, 6.45) is -1.46. The zero-order valence-corrected chi connectivity index (χ0v) is 10.5. The third kappa shape index (κ3) is 2.49. The molecule has 0 saturated carbocycles. The van der Waals surface area contributed by atoms with E-state index in [2.05, 4.69) is 0 Å². The highest BCUT2D eigenvalue weighted by molar-refractivity contribution is 5.36. The molecule has 0 spiro atoms. The monoisotopic (exact) mass is 266 g/mol. The highest BCUT2D eigenvalue weighted by Crippen LogP contribution is 2.29. The number of hydrogen-bond donors (Lipinski definition) is 1.